The normalized spacial score (nSPS) is 17.9. The predicted molar refractivity (Wildman–Crippen MR) is 135 cm³/mol. The molecule has 182 valence electrons. The summed E-state index contributed by atoms with van der Waals surface area (Å²) in [6.45, 7) is 2.72. The number of carboxylic acid groups (broad SMARTS) is 1. The number of unbranched alkanes of at least 4 members (excludes halogenated alkanes) is 1. The highest BCUT2D eigenvalue weighted by molar-refractivity contribution is 5.87. The molecule has 3 atom stereocenters. The molecule has 3 rings (SSSR count). The summed E-state index contributed by atoms with van der Waals surface area (Å²) in [7, 11) is 0. The number of hydrogen-bond donors (Lipinski definition) is 2. The second kappa shape index (κ2) is 13.1. The topological polar surface area (TPSA) is 77.8 Å². The summed E-state index contributed by atoms with van der Waals surface area (Å²) in [5.74, 6) is -0.595. The van der Waals surface area contributed by atoms with E-state index in [-0.39, 0.29) is 17.9 Å². The Labute approximate surface area is 203 Å². The molecule has 34 heavy (non-hydrogen) atoms. The number of rotatable bonds is 13. The number of aliphatic hydroxyl groups excluding tert-OH is 1. The van der Waals surface area contributed by atoms with Crippen LogP contribution in [-0.2, 0) is 17.6 Å². The van der Waals surface area contributed by atoms with Crippen LogP contribution in [0.1, 0.15) is 66.9 Å². The Morgan fingerprint density at radius 2 is 1.79 bits per heavy atom. The second-order valence-corrected chi connectivity index (χ2v) is 9.39. The first-order valence-corrected chi connectivity index (χ1v) is 12.5. The Bertz CT molecular complexity index is 956. The molecule has 0 radical (unpaired) electrons. The molecular weight excluding hydrogens is 426 g/mol. The highest BCUT2D eigenvalue weighted by Crippen LogP contribution is 2.22. The van der Waals surface area contributed by atoms with Crippen LogP contribution in [0.2, 0.25) is 0 Å². The summed E-state index contributed by atoms with van der Waals surface area (Å²) in [4.78, 5) is 25.4. The summed E-state index contributed by atoms with van der Waals surface area (Å²) < 4.78 is 0. The summed E-state index contributed by atoms with van der Waals surface area (Å²) in [6.07, 6.45) is 10.4. The molecule has 1 unspecified atom stereocenters. The van der Waals surface area contributed by atoms with Gasteiger partial charge in [-0.15, -0.1) is 0 Å². The van der Waals surface area contributed by atoms with Gasteiger partial charge in [-0.3, -0.25) is 4.79 Å². The molecule has 0 aliphatic carbocycles. The summed E-state index contributed by atoms with van der Waals surface area (Å²) >= 11 is 0. The first kappa shape index (κ1) is 25.7. The molecule has 5 nitrogen and oxygen atoms in total. The Hall–Kier alpha value is -2.92. The van der Waals surface area contributed by atoms with Crippen LogP contribution in [-0.4, -0.2) is 45.7 Å². The maximum Gasteiger partial charge on any atom is 0.335 e. The Kier molecular flexibility index (Phi) is 9.89. The minimum atomic E-state index is -0.925. The first-order valence-electron chi connectivity index (χ1n) is 12.5. The lowest BCUT2D eigenvalue weighted by molar-refractivity contribution is -0.128. The zero-order valence-electron chi connectivity index (χ0n) is 20.1. The Balaban J connectivity index is 1.42. The van der Waals surface area contributed by atoms with Gasteiger partial charge in [0.15, 0.2) is 0 Å². The van der Waals surface area contributed by atoms with E-state index >= 15 is 0 Å². The van der Waals surface area contributed by atoms with Crippen molar-refractivity contribution in [1.82, 2.24) is 4.90 Å². The second-order valence-electron chi connectivity index (χ2n) is 9.39. The van der Waals surface area contributed by atoms with E-state index in [2.05, 4.69) is 31.2 Å². The molecule has 1 saturated heterocycles. The quantitative estimate of drug-likeness (QED) is 0.313. The van der Waals surface area contributed by atoms with E-state index in [1.165, 1.54) is 5.56 Å². The van der Waals surface area contributed by atoms with Crippen molar-refractivity contribution in [2.24, 2.45) is 5.92 Å². The van der Waals surface area contributed by atoms with Gasteiger partial charge < -0.3 is 15.1 Å². The van der Waals surface area contributed by atoms with E-state index in [4.69, 9.17) is 5.11 Å². The largest absolute Gasteiger partial charge is 0.478 e. The van der Waals surface area contributed by atoms with E-state index in [9.17, 15) is 14.7 Å². The number of aryl methyl sites for hydroxylation is 2. The van der Waals surface area contributed by atoms with Crippen LogP contribution in [0.15, 0.2) is 66.7 Å². The number of likely N-dealkylation sites (tertiary alicyclic amines) is 1. The minimum absolute atomic E-state index is 0.0257. The molecule has 2 N–H and O–H groups in total. The molecule has 0 aromatic heterocycles. The third-order valence-electron chi connectivity index (χ3n) is 6.74. The number of benzene rings is 2. The van der Waals surface area contributed by atoms with Gasteiger partial charge in [0, 0.05) is 13.0 Å². The Morgan fingerprint density at radius 1 is 1.06 bits per heavy atom. The molecular formula is C29H37NO4. The van der Waals surface area contributed by atoms with E-state index in [1.807, 2.05) is 29.2 Å². The van der Waals surface area contributed by atoms with Gasteiger partial charge in [-0.05, 0) is 67.7 Å². The van der Waals surface area contributed by atoms with E-state index in [1.54, 1.807) is 18.2 Å². The summed E-state index contributed by atoms with van der Waals surface area (Å²) in [5, 5.41) is 19.8. The van der Waals surface area contributed by atoms with Crippen molar-refractivity contribution in [2.45, 2.75) is 70.4 Å². The van der Waals surface area contributed by atoms with Crippen molar-refractivity contribution in [1.29, 1.82) is 0 Å². The fraction of sp³-hybridized carbons (Fsp3) is 0.448. The lowest BCUT2D eigenvalue weighted by Gasteiger charge is -2.23. The maximum absolute atomic E-state index is 12.4. The van der Waals surface area contributed by atoms with Gasteiger partial charge in [-0.2, -0.15) is 0 Å². The number of amides is 1. The number of nitrogens with zero attached hydrogens (tertiary/aromatic N) is 1. The molecule has 1 aliphatic heterocycles. The van der Waals surface area contributed by atoms with Gasteiger partial charge in [0.2, 0.25) is 5.91 Å². The third kappa shape index (κ3) is 7.84. The van der Waals surface area contributed by atoms with Gasteiger partial charge in [0.05, 0.1) is 17.7 Å². The zero-order valence-corrected chi connectivity index (χ0v) is 20.1. The van der Waals surface area contributed by atoms with Crippen molar-refractivity contribution < 1.29 is 19.8 Å². The number of carbonyl (C=O) groups excluding carboxylic acids is 1. The van der Waals surface area contributed by atoms with Gasteiger partial charge in [0.1, 0.15) is 0 Å². The smallest absolute Gasteiger partial charge is 0.335 e. The van der Waals surface area contributed by atoms with Crippen LogP contribution in [0.4, 0.5) is 0 Å². The molecule has 0 saturated carbocycles. The van der Waals surface area contributed by atoms with Crippen molar-refractivity contribution >= 4 is 11.9 Å². The Morgan fingerprint density at radius 3 is 2.56 bits per heavy atom. The molecule has 1 heterocycles. The SMILES string of the molecule is C[C@@H](CCCCc1ccccc1)[C@H](O)C=CC1CCC(=O)N1CCCc1cccc(C(=O)O)c1. The van der Waals surface area contributed by atoms with Crippen molar-refractivity contribution in [2.75, 3.05) is 6.54 Å². The number of carbonyl (C=O) groups is 2. The van der Waals surface area contributed by atoms with Gasteiger partial charge in [-0.25, -0.2) is 4.79 Å². The fourth-order valence-electron chi connectivity index (χ4n) is 4.60. The van der Waals surface area contributed by atoms with Crippen LogP contribution in [0.3, 0.4) is 0 Å². The van der Waals surface area contributed by atoms with Gasteiger partial charge in [-0.1, -0.05) is 68.0 Å². The van der Waals surface area contributed by atoms with Crippen LogP contribution >= 0.6 is 0 Å². The van der Waals surface area contributed by atoms with Crippen LogP contribution in [0, 0.1) is 5.92 Å². The van der Waals surface area contributed by atoms with E-state index < -0.39 is 12.1 Å². The highest BCUT2D eigenvalue weighted by atomic mass is 16.4. The summed E-state index contributed by atoms with van der Waals surface area (Å²) in [5.41, 5.74) is 2.62. The van der Waals surface area contributed by atoms with E-state index in [0.717, 1.165) is 50.5 Å². The van der Waals surface area contributed by atoms with Crippen LogP contribution < -0.4 is 0 Å². The zero-order chi connectivity index (χ0) is 24.3. The van der Waals surface area contributed by atoms with Gasteiger partial charge in [0.25, 0.3) is 0 Å². The van der Waals surface area contributed by atoms with Crippen molar-refractivity contribution in [3.8, 4) is 0 Å². The lowest BCUT2D eigenvalue weighted by atomic mass is 9.95. The monoisotopic (exact) mass is 463 g/mol. The highest BCUT2D eigenvalue weighted by Gasteiger charge is 2.28. The maximum atomic E-state index is 12.4. The van der Waals surface area contributed by atoms with Gasteiger partial charge >= 0.3 is 5.97 Å². The van der Waals surface area contributed by atoms with Crippen molar-refractivity contribution in [3.05, 3.63) is 83.4 Å². The standard InChI is InChI=1S/C29H37NO4/c1-22(9-5-6-12-23-10-3-2-4-11-23)27(31)18-16-26-17-19-28(32)30(26)20-8-14-24-13-7-15-25(21-24)29(33)34/h2-4,7,10-11,13,15-16,18,21-22,26-27,31H,5-6,8-9,12,14,17,19-20H2,1H3,(H,33,34)/t22-,26?,27+/m0/s1. The predicted octanol–water partition coefficient (Wildman–Crippen LogP) is 5.27. The number of aromatic carboxylic acids is 1. The number of hydrogen-bond acceptors (Lipinski definition) is 3. The third-order valence-corrected chi connectivity index (χ3v) is 6.74. The molecule has 5 heteroatoms. The molecule has 0 spiro atoms. The van der Waals surface area contributed by atoms with Crippen LogP contribution in [0.25, 0.3) is 0 Å². The fourth-order valence-corrected chi connectivity index (χ4v) is 4.60. The lowest BCUT2D eigenvalue weighted by Crippen LogP contribution is -2.33. The van der Waals surface area contributed by atoms with Crippen molar-refractivity contribution in [3.63, 3.8) is 0 Å². The first-order chi connectivity index (χ1) is 16.4. The molecule has 1 amide bonds. The molecule has 0 bridgehead atoms. The molecule has 2 aromatic carbocycles. The molecule has 1 aliphatic rings. The molecule has 2 aromatic rings. The number of carboxylic acids is 1. The van der Waals surface area contributed by atoms with Crippen LogP contribution in [0.5, 0.6) is 0 Å². The molecule has 1 fully saturated rings. The minimum Gasteiger partial charge on any atom is -0.478 e. The average Bonchev–Trinajstić information content (AvgIpc) is 3.20. The average molecular weight is 464 g/mol. The number of aliphatic hydroxyl groups is 1. The summed E-state index contributed by atoms with van der Waals surface area (Å²) in [6, 6.07) is 17.5. The van der Waals surface area contributed by atoms with E-state index in [0.29, 0.717) is 18.5 Å².